The summed E-state index contributed by atoms with van der Waals surface area (Å²) in [5, 5.41) is 4.62. The van der Waals surface area contributed by atoms with Gasteiger partial charge in [0.05, 0.1) is 11.8 Å². The van der Waals surface area contributed by atoms with Gasteiger partial charge < -0.3 is 15.0 Å². The van der Waals surface area contributed by atoms with Crippen LogP contribution in [-0.2, 0) is 11.2 Å². The summed E-state index contributed by atoms with van der Waals surface area (Å²) in [6, 6.07) is 0.506. The lowest BCUT2D eigenvalue weighted by Gasteiger charge is -2.23. The molecule has 0 saturated carbocycles. The van der Waals surface area contributed by atoms with Gasteiger partial charge in [-0.05, 0) is 46.1 Å². The predicted octanol–water partition coefficient (Wildman–Crippen LogP) is 2.75. The molecule has 4 nitrogen and oxygen atoms in total. The minimum Gasteiger partial charge on any atom is -0.376 e. The monoisotopic (exact) mass is 295 g/mol. The summed E-state index contributed by atoms with van der Waals surface area (Å²) in [7, 11) is 2.06. The van der Waals surface area contributed by atoms with E-state index in [1.165, 1.54) is 41.4 Å². The topological polar surface area (TPSA) is 37.4 Å². The highest BCUT2D eigenvalue weighted by Crippen LogP contribution is 2.37. The van der Waals surface area contributed by atoms with Crippen LogP contribution in [-0.4, -0.2) is 37.8 Å². The Hall–Kier alpha value is -0.650. The molecule has 0 bridgehead atoms. The van der Waals surface area contributed by atoms with Crippen molar-refractivity contribution in [2.24, 2.45) is 0 Å². The summed E-state index contributed by atoms with van der Waals surface area (Å²) < 4.78 is 5.77. The molecular formula is C15H25N3OS. The van der Waals surface area contributed by atoms with E-state index in [9.17, 15) is 0 Å². The van der Waals surface area contributed by atoms with E-state index >= 15 is 0 Å². The molecule has 2 unspecified atom stereocenters. The Balaban J connectivity index is 1.76. The normalized spacial score (nSPS) is 25.7. The van der Waals surface area contributed by atoms with Gasteiger partial charge in [-0.3, -0.25) is 0 Å². The first kappa shape index (κ1) is 14.3. The molecule has 1 N–H and O–H groups in total. The number of rotatable bonds is 5. The second-order valence-corrected chi connectivity index (χ2v) is 6.72. The third-order valence-corrected chi connectivity index (χ3v) is 5.66. The minimum atomic E-state index is 0.399. The number of aromatic nitrogens is 1. The second kappa shape index (κ2) is 6.41. The van der Waals surface area contributed by atoms with E-state index in [-0.39, 0.29) is 0 Å². The van der Waals surface area contributed by atoms with Crippen molar-refractivity contribution in [1.82, 2.24) is 10.3 Å². The van der Waals surface area contributed by atoms with Gasteiger partial charge in [-0.2, -0.15) is 0 Å². The third kappa shape index (κ3) is 2.85. The van der Waals surface area contributed by atoms with Crippen molar-refractivity contribution in [2.75, 3.05) is 31.6 Å². The molecule has 0 spiro atoms. The third-order valence-electron chi connectivity index (χ3n) is 4.39. The Kier molecular flexibility index (Phi) is 4.58. The molecule has 1 aliphatic heterocycles. The number of nitrogens with zero attached hydrogens (tertiary/aromatic N) is 2. The molecule has 5 heteroatoms. The molecule has 0 amide bonds. The molecule has 3 rings (SSSR count). The molecular weight excluding hydrogens is 270 g/mol. The van der Waals surface area contributed by atoms with Crippen molar-refractivity contribution in [3.8, 4) is 0 Å². The predicted molar refractivity (Wildman–Crippen MR) is 83.7 cm³/mol. The molecule has 2 heterocycles. The van der Waals surface area contributed by atoms with Crippen LogP contribution in [0.1, 0.15) is 49.2 Å². The molecule has 112 valence electrons. The number of ether oxygens (including phenoxy) is 1. The summed E-state index contributed by atoms with van der Waals surface area (Å²) in [5.41, 5.74) is 1.32. The average Bonchev–Trinajstić information content (AvgIpc) is 3.12. The van der Waals surface area contributed by atoms with E-state index in [4.69, 9.17) is 9.72 Å². The Morgan fingerprint density at radius 1 is 1.40 bits per heavy atom. The first-order valence-electron chi connectivity index (χ1n) is 7.85. The number of anilines is 1. The molecule has 1 fully saturated rings. The molecule has 0 radical (unpaired) electrons. The maximum absolute atomic E-state index is 5.77. The smallest absolute Gasteiger partial charge is 0.185 e. The Bertz CT molecular complexity index is 442. The standard InChI is InChI=1S/C15H25N3OS/c1-3-18(10-11-6-5-9-19-11)15-17-13-8-4-7-12(16-2)14(13)20-15/h11-12,16H,3-10H2,1-2H3. The summed E-state index contributed by atoms with van der Waals surface area (Å²) in [6.07, 6.45) is 6.43. The van der Waals surface area contributed by atoms with Gasteiger partial charge in [-0.25, -0.2) is 4.98 Å². The van der Waals surface area contributed by atoms with Crippen LogP contribution < -0.4 is 10.2 Å². The van der Waals surface area contributed by atoms with Gasteiger partial charge >= 0.3 is 0 Å². The van der Waals surface area contributed by atoms with Crippen LogP contribution >= 0.6 is 11.3 Å². The zero-order valence-electron chi connectivity index (χ0n) is 12.5. The Morgan fingerprint density at radius 2 is 2.30 bits per heavy atom. The van der Waals surface area contributed by atoms with Crippen molar-refractivity contribution in [3.05, 3.63) is 10.6 Å². The second-order valence-electron chi connectivity index (χ2n) is 5.71. The lowest BCUT2D eigenvalue weighted by atomic mass is 9.98. The van der Waals surface area contributed by atoms with Gasteiger partial charge in [0.1, 0.15) is 0 Å². The molecule has 1 aromatic heterocycles. The van der Waals surface area contributed by atoms with Crippen molar-refractivity contribution in [1.29, 1.82) is 0 Å². The Morgan fingerprint density at radius 3 is 3.00 bits per heavy atom. The molecule has 1 saturated heterocycles. The molecule has 1 aromatic rings. The minimum absolute atomic E-state index is 0.399. The number of hydrogen-bond acceptors (Lipinski definition) is 5. The fourth-order valence-electron chi connectivity index (χ4n) is 3.19. The van der Waals surface area contributed by atoms with E-state index in [0.717, 1.165) is 26.1 Å². The lowest BCUT2D eigenvalue weighted by Crippen LogP contribution is -2.31. The summed E-state index contributed by atoms with van der Waals surface area (Å²) in [4.78, 5) is 8.76. The number of hydrogen-bond donors (Lipinski definition) is 1. The molecule has 1 aliphatic carbocycles. The number of aryl methyl sites for hydroxylation is 1. The van der Waals surface area contributed by atoms with Gasteiger partial charge in [0.15, 0.2) is 5.13 Å². The van der Waals surface area contributed by atoms with Gasteiger partial charge in [0, 0.05) is 30.6 Å². The molecule has 0 aromatic carbocycles. The van der Waals surface area contributed by atoms with Crippen LogP contribution in [0.4, 0.5) is 5.13 Å². The van der Waals surface area contributed by atoms with Crippen LogP contribution in [0.15, 0.2) is 0 Å². The largest absolute Gasteiger partial charge is 0.376 e. The van der Waals surface area contributed by atoms with Crippen LogP contribution in [0.25, 0.3) is 0 Å². The first-order valence-corrected chi connectivity index (χ1v) is 8.67. The number of thiazole rings is 1. The molecule has 2 atom stereocenters. The van der Waals surface area contributed by atoms with Crippen LogP contribution in [0.5, 0.6) is 0 Å². The quantitative estimate of drug-likeness (QED) is 0.906. The summed E-state index contributed by atoms with van der Waals surface area (Å²) in [6.45, 7) is 5.15. The highest BCUT2D eigenvalue weighted by Gasteiger charge is 2.26. The fourth-order valence-corrected chi connectivity index (χ4v) is 4.52. The van der Waals surface area contributed by atoms with E-state index in [1.54, 1.807) is 0 Å². The van der Waals surface area contributed by atoms with Crippen LogP contribution in [0, 0.1) is 0 Å². The molecule has 2 aliphatic rings. The fraction of sp³-hybridized carbons (Fsp3) is 0.800. The van der Waals surface area contributed by atoms with Gasteiger partial charge in [0.25, 0.3) is 0 Å². The van der Waals surface area contributed by atoms with Crippen molar-refractivity contribution >= 4 is 16.5 Å². The lowest BCUT2D eigenvalue weighted by molar-refractivity contribution is 0.115. The van der Waals surface area contributed by atoms with E-state index < -0.39 is 0 Å². The van der Waals surface area contributed by atoms with Crippen molar-refractivity contribution in [3.63, 3.8) is 0 Å². The highest BCUT2D eigenvalue weighted by molar-refractivity contribution is 7.15. The molecule has 20 heavy (non-hydrogen) atoms. The number of nitrogens with one attached hydrogen (secondary N) is 1. The summed E-state index contributed by atoms with van der Waals surface area (Å²) in [5.74, 6) is 0. The maximum Gasteiger partial charge on any atom is 0.185 e. The van der Waals surface area contributed by atoms with E-state index in [0.29, 0.717) is 12.1 Å². The van der Waals surface area contributed by atoms with Gasteiger partial charge in [-0.15, -0.1) is 0 Å². The van der Waals surface area contributed by atoms with Gasteiger partial charge in [0.2, 0.25) is 0 Å². The zero-order valence-corrected chi connectivity index (χ0v) is 13.3. The Labute approximate surface area is 125 Å². The van der Waals surface area contributed by atoms with Crippen molar-refractivity contribution in [2.45, 2.75) is 51.2 Å². The zero-order chi connectivity index (χ0) is 13.9. The SMILES string of the molecule is CCN(CC1CCCO1)c1nc2c(s1)C(NC)CCC2. The van der Waals surface area contributed by atoms with Crippen LogP contribution in [0.2, 0.25) is 0 Å². The van der Waals surface area contributed by atoms with Crippen molar-refractivity contribution < 1.29 is 4.74 Å². The number of likely N-dealkylation sites (N-methyl/N-ethyl adjacent to an activating group) is 1. The van der Waals surface area contributed by atoms with Crippen LogP contribution in [0.3, 0.4) is 0 Å². The first-order chi connectivity index (χ1) is 9.81. The summed E-state index contributed by atoms with van der Waals surface area (Å²) >= 11 is 1.88. The van der Waals surface area contributed by atoms with E-state index in [1.807, 2.05) is 11.3 Å². The number of fused-ring (bicyclic) bond motifs is 1. The highest BCUT2D eigenvalue weighted by atomic mass is 32.1. The average molecular weight is 295 g/mol. The van der Waals surface area contributed by atoms with E-state index in [2.05, 4.69) is 24.2 Å². The maximum atomic E-state index is 5.77. The van der Waals surface area contributed by atoms with Gasteiger partial charge in [-0.1, -0.05) is 11.3 Å².